The molecular weight excluding hydrogens is 340 g/mol. The standard InChI is InChI=1S/C21H30N4O2/c1-24-16-9-10-17(24)13-18(12-16)25(15-6-3-2-4-7-15)14-20-22-21(23-27-20)19-8-5-11-26-19/h5,8,11,15-18H,2-4,6-7,9-10,12-14H2,1H3/t16-,17+,18?. The molecule has 2 aromatic rings. The highest BCUT2D eigenvalue weighted by Crippen LogP contribution is 2.39. The molecule has 146 valence electrons. The first kappa shape index (κ1) is 17.4. The third-order valence-electron chi connectivity index (χ3n) is 7.11. The SMILES string of the molecule is CN1[C@@H]2CC[C@H]1CC(N(Cc1nc(-c3ccco3)no1)C1CCCCC1)C2. The van der Waals surface area contributed by atoms with E-state index >= 15 is 0 Å². The lowest BCUT2D eigenvalue weighted by molar-refractivity contribution is 0.0235. The van der Waals surface area contributed by atoms with Crippen LogP contribution in [0.2, 0.25) is 0 Å². The van der Waals surface area contributed by atoms with Crippen molar-refractivity contribution in [2.45, 2.75) is 88.5 Å². The Bertz CT molecular complexity index is 723. The Labute approximate surface area is 160 Å². The second kappa shape index (κ2) is 7.40. The Kier molecular flexibility index (Phi) is 4.78. The Morgan fingerprint density at radius 3 is 2.56 bits per heavy atom. The molecule has 3 aliphatic rings. The first-order valence-electron chi connectivity index (χ1n) is 10.6. The molecule has 3 fully saturated rings. The van der Waals surface area contributed by atoms with Crippen LogP contribution in [0.15, 0.2) is 27.3 Å². The topological polar surface area (TPSA) is 58.5 Å². The number of piperidine rings is 1. The lowest BCUT2D eigenvalue weighted by Crippen LogP contribution is -2.52. The molecule has 1 unspecified atom stereocenters. The maximum atomic E-state index is 5.62. The average Bonchev–Trinajstić information content (AvgIpc) is 3.41. The summed E-state index contributed by atoms with van der Waals surface area (Å²) in [5, 5.41) is 4.14. The fourth-order valence-electron chi connectivity index (χ4n) is 5.60. The van der Waals surface area contributed by atoms with Crippen molar-refractivity contribution in [2.24, 2.45) is 0 Å². The van der Waals surface area contributed by atoms with Gasteiger partial charge in [0.25, 0.3) is 0 Å². The summed E-state index contributed by atoms with van der Waals surface area (Å²) in [5.41, 5.74) is 0. The van der Waals surface area contributed by atoms with Gasteiger partial charge >= 0.3 is 0 Å². The van der Waals surface area contributed by atoms with Crippen molar-refractivity contribution < 1.29 is 8.94 Å². The van der Waals surface area contributed by atoms with Gasteiger partial charge in [-0.1, -0.05) is 24.4 Å². The summed E-state index contributed by atoms with van der Waals surface area (Å²) in [4.78, 5) is 9.97. The molecule has 2 bridgehead atoms. The van der Waals surface area contributed by atoms with E-state index in [1.54, 1.807) is 6.26 Å². The molecule has 2 aliphatic heterocycles. The van der Waals surface area contributed by atoms with Crippen LogP contribution in [0.5, 0.6) is 0 Å². The predicted molar refractivity (Wildman–Crippen MR) is 102 cm³/mol. The van der Waals surface area contributed by atoms with Gasteiger partial charge in [0.1, 0.15) is 0 Å². The second-order valence-corrected chi connectivity index (χ2v) is 8.63. The third-order valence-corrected chi connectivity index (χ3v) is 7.11. The Morgan fingerprint density at radius 1 is 1.07 bits per heavy atom. The fourth-order valence-corrected chi connectivity index (χ4v) is 5.60. The van der Waals surface area contributed by atoms with Crippen LogP contribution in [-0.2, 0) is 6.54 Å². The average molecular weight is 370 g/mol. The zero-order valence-electron chi connectivity index (χ0n) is 16.2. The zero-order chi connectivity index (χ0) is 18.2. The van der Waals surface area contributed by atoms with Crippen molar-refractivity contribution in [3.63, 3.8) is 0 Å². The maximum absolute atomic E-state index is 5.62. The number of fused-ring (bicyclic) bond motifs is 2. The molecule has 6 heteroatoms. The summed E-state index contributed by atoms with van der Waals surface area (Å²) < 4.78 is 11.0. The van der Waals surface area contributed by atoms with E-state index in [4.69, 9.17) is 8.94 Å². The van der Waals surface area contributed by atoms with E-state index in [0.29, 0.717) is 23.7 Å². The summed E-state index contributed by atoms with van der Waals surface area (Å²) >= 11 is 0. The van der Waals surface area contributed by atoms with Crippen molar-refractivity contribution in [3.05, 3.63) is 24.3 Å². The summed E-state index contributed by atoms with van der Waals surface area (Å²) in [6.45, 7) is 0.770. The van der Waals surface area contributed by atoms with Gasteiger partial charge in [-0.15, -0.1) is 0 Å². The van der Waals surface area contributed by atoms with Crippen LogP contribution in [0.4, 0.5) is 0 Å². The number of nitrogens with zero attached hydrogens (tertiary/aromatic N) is 4. The largest absolute Gasteiger partial charge is 0.461 e. The van der Waals surface area contributed by atoms with Gasteiger partial charge < -0.3 is 13.8 Å². The van der Waals surface area contributed by atoms with E-state index in [0.717, 1.165) is 24.5 Å². The van der Waals surface area contributed by atoms with Gasteiger partial charge in [-0.3, -0.25) is 4.90 Å². The van der Waals surface area contributed by atoms with Gasteiger partial charge in [-0.2, -0.15) is 4.98 Å². The van der Waals surface area contributed by atoms with Crippen molar-refractivity contribution in [1.29, 1.82) is 0 Å². The minimum Gasteiger partial charge on any atom is -0.461 e. The predicted octanol–water partition coefficient (Wildman–Crippen LogP) is 4.09. The van der Waals surface area contributed by atoms with Gasteiger partial charge in [-0.05, 0) is 57.7 Å². The molecule has 0 spiro atoms. The van der Waals surface area contributed by atoms with Crippen LogP contribution < -0.4 is 0 Å². The molecule has 2 saturated heterocycles. The maximum Gasteiger partial charge on any atom is 0.241 e. The quantitative estimate of drug-likeness (QED) is 0.790. The highest BCUT2D eigenvalue weighted by molar-refractivity contribution is 5.44. The van der Waals surface area contributed by atoms with E-state index < -0.39 is 0 Å². The van der Waals surface area contributed by atoms with Crippen molar-refractivity contribution in [3.8, 4) is 11.6 Å². The Morgan fingerprint density at radius 2 is 1.85 bits per heavy atom. The number of aromatic nitrogens is 2. The van der Waals surface area contributed by atoms with Gasteiger partial charge in [0.15, 0.2) is 5.76 Å². The van der Waals surface area contributed by atoms with E-state index in [2.05, 4.69) is 27.0 Å². The molecule has 0 N–H and O–H groups in total. The molecule has 0 aromatic carbocycles. The van der Waals surface area contributed by atoms with E-state index in [1.807, 2.05) is 12.1 Å². The van der Waals surface area contributed by atoms with Crippen LogP contribution in [-0.4, -0.2) is 51.2 Å². The van der Waals surface area contributed by atoms with Gasteiger partial charge in [0.2, 0.25) is 11.7 Å². The number of hydrogen-bond donors (Lipinski definition) is 0. The molecular formula is C21H30N4O2. The first-order chi connectivity index (χ1) is 13.3. The lowest BCUT2D eigenvalue weighted by Gasteiger charge is -2.45. The zero-order valence-corrected chi connectivity index (χ0v) is 16.2. The van der Waals surface area contributed by atoms with Crippen molar-refractivity contribution in [1.82, 2.24) is 19.9 Å². The fraction of sp³-hybridized carbons (Fsp3) is 0.714. The molecule has 0 amide bonds. The molecule has 4 heterocycles. The molecule has 27 heavy (non-hydrogen) atoms. The molecule has 1 saturated carbocycles. The molecule has 1 aliphatic carbocycles. The monoisotopic (exact) mass is 370 g/mol. The van der Waals surface area contributed by atoms with Gasteiger partial charge in [0.05, 0.1) is 12.8 Å². The van der Waals surface area contributed by atoms with E-state index in [1.165, 1.54) is 57.8 Å². The first-order valence-corrected chi connectivity index (χ1v) is 10.6. The van der Waals surface area contributed by atoms with E-state index in [-0.39, 0.29) is 0 Å². The van der Waals surface area contributed by atoms with Crippen LogP contribution in [0.25, 0.3) is 11.6 Å². The molecule has 5 rings (SSSR count). The van der Waals surface area contributed by atoms with Gasteiger partial charge in [-0.25, -0.2) is 0 Å². The highest BCUT2D eigenvalue weighted by atomic mass is 16.5. The minimum atomic E-state index is 0.557. The summed E-state index contributed by atoms with van der Waals surface area (Å²) in [5.74, 6) is 1.95. The molecule has 3 atom stereocenters. The third kappa shape index (κ3) is 3.45. The molecule has 2 aromatic heterocycles. The highest BCUT2D eigenvalue weighted by Gasteiger charge is 2.42. The number of rotatable bonds is 5. The van der Waals surface area contributed by atoms with Gasteiger partial charge in [0, 0.05) is 24.2 Å². The second-order valence-electron chi connectivity index (χ2n) is 8.63. The van der Waals surface area contributed by atoms with Crippen LogP contribution in [0.1, 0.15) is 63.7 Å². The minimum absolute atomic E-state index is 0.557. The van der Waals surface area contributed by atoms with Crippen LogP contribution >= 0.6 is 0 Å². The lowest BCUT2D eigenvalue weighted by atomic mass is 9.89. The summed E-state index contributed by atoms with van der Waals surface area (Å²) in [6.07, 6.45) is 13.6. The molecule has 6 nitrogen and oxygen atoms in total. The van der Waals surface area contributed by atoms with Crippen LogP contribution in [0.3, 0.4) is 0 Å². The summed E-state index contributed by atoms with van der Waals surface area (Å²) in [7, 11) is 2.32. The van der Waals surface area contributed by atoms with Crippen molar-refractivity contribution in [2.75, 3.05) is 7.05 Å². The van der Waals surface area contributed by atoms with Crippen molar-refractivity contribution >= 4 is 0 Å². The number of furan rings is 1. The summed E-state index contributed by atoms with van der Waals surface area (Å²) in [6, 6.07) is 6.53. The Hall–Kier alpha value is -1.66. The Balaban J connectivity index is 1.36. The number of hydrogen-bond acceptors (Lipinski definition) is 6. The molecule has 0 radical (unpaired) electrons. The van der Waals surface area contributed by atoms with E-state index in [9.17, 15) is 0 Å². The van der Waals surface area contributed by atoms with Crippen LogP contribution in [0, 0.1) is 0 Å². The smallest absolute Gasteiger partial charge is 0.241 e. The normalized spacial score (nSPS) is 29.6.